The third-order valence-corrected chi connectivity index (χ3v) is 5.39. The number of ketones is 1. The molecule has 0 spiro atoms. The summed E-state index contributed by atoms with van der Waals surface area (Å²) < 4.78 is 21.0. The lowest BCUT2D eigenvalue weighted by Gasteiger charge is -2.23. The predicted molar refractivity (Wildman–Crippen MR) is 119 cm³/mol. The average Bonchev–Trinajstić information content (AvgIpc) is 3.38. The zero-order chi connectivity index (χ0) is 23.7. The first-order valence-corrected chi connectivity index (χ1v) is 10.00. The molecule has 0 saturated carbocycles. The fourth-order valence-electron chi connectivity index (χ4n) is 3.78. The monoisotopic (exact) mass is 450 g/mol. The molecule has 0 aliphatic carbocycles. The Labute approximate surface area is 189 Å². The molecule has 9 heteroatoms. The van der Waals surface area contributed by atoms with Crippen LogP contribution in [0.2, 0.25) is 0 Å². The highest BCUT2D eigenvalue weighted by Crippen LogP contribution is 2.44. The third-order valence-electron chi connectivity index (χ3n) is 5.39. The molecule has 33 heavy (non-hydrogen) atoms. The number of methoxy groups -OCH3 is 3. The topological polar surface area (TPSA) is 111 Å². The van der Waals surface area contributed by atoms with Crippen molar-refractivity contribution in [1.29, 1.82) is 0 Å². The molecule has 1 saturated heterocycles. The molecule has 1 N–H and O–H groups in total. The molecule has 0 radical (unpaired) electrons. The fraction of sp³-hybridized carbons (Fsp3) is 0.208. The van der Waals surface area contributed by atoms with E-state index >= 15 is 0 Å². The molecule has 170 valence electrons. The van der Waals surface area contributed by atoms with Crippen molar-refractivity contribution < 1.29 is 33.4 Å². The number of rotatable bonds is 6. The van der Waals surface area contributed by atoms with E-state index < -0.39 is 17.7 Å². The van der Waals surface area contributed by atoms with Crippen molar-refractivity contribution in [3.05, 3.63) is 71.0 Å². The molecule has 1 aliphatic heterocycles. The summed E-state index contributed by atoms with van der Waals surface area (Å²) in [5.41, 5.74) is 0.788. The van der Waals surface area contributed by atoms with Crippen LogP contribution in [0, 0.1) is 6.92 Å². The molecule has 2 aromatic carbocycles. The summed E-state index contributed by atoms with van der Waals surface area (Å²) in [5, 5.41) is 15.1. The quantitative estimate of drug-likeness (QED) is 0.344. The summed E-state index contributed by atoms with van der Waals surface area (Å²) in [7, 11) is 4.51. The van der Waals surface area contributed by atoms with Crippen molar-refractivity contribution >= 4 is 23.3 Å². The van der Waals surface area contributed by atoms with Crippen LogP contribution in [-0.2, 0) is 9.59 Å². The smallest absolute Gasteiger partial charge is 0.301 e. The number of aromatic nitrogens is 1. The van der Waals surface area contributed by atoms with Crippen molar-refractivity contribution in [2.75, 3.05) is 26.2 Å². The van der Waals surface area contributed by atoms with E-state index in [2.05, 4.69) is 5.16 Å². The number of aryl methyl sites for hydroxylation is 1. The minimum absolute atomic E-state index is 0.0851. The van der Waals surface area contributed by atoms with E-state index in [1.165, 1.54) is 26.2 Å². The molecule has 9 nitrogen and oxygen atoms in total. The number of aliphatic hydroxyl groups is 1. The van der Waals surface area contributed by atoms with E-state index in [1.54, 1.807) is 55.5 Å². The van der Waals surface area contributed by atoms with Crippen LogP contribution in [0.5, 0.6) is 17.2 Å². The Bertz CT molecular complexity index is 1240. The lowest BCUT2D eigenvalue weighted by Crippen LogP contribution is -2.29. The molecule has 1 aromatic heterocycles. The SMILES string of the molecule is COc1ccc(/C(O)=C2\C(=O)C(=O)N(c3cc(C)on3)[C@@H]2c2ccc(OC)c(OC)c2)cc1. The summed E-state index contributed by atoms with van der Waals surface area (Å²) in [6.07, 6.45) is 0. The molecular weight excluding hydrogens is 428 g/mol. The number of carbonyl (C=O) groups is 2. The van der Waals surface area contributed by atoms with Gasteiger partial charge in [-0.15, -0.1) is 0 Å². The second-order valence-corrected chi connectivity index (χ2v) is 7.31. The number of ether oxygens (including phenoxy) is 3. The van der Waals surface area contributed by atoms with Crippen molar-refractivity contribution in [2.24, 2.45) is 0 Å². The average molecular weight is 450 g/mol. The van der Waals surface area contributed by atoms with Crippen molar-refractivity contribution in [1.82, 2.24) is 5.16 Å². The zero-order valence-electron chi connectivity index (χ0n) is 18.5. The maximum Gasteiger partial charge on any atom is 0.301 e. The van der Waals surface area contributed by atoms with Gasteiger partial charge in [0.2, 0.25) is 0 Å². The Hall–Kier alpha value is -4.27. The Morgan fingerprint density at radius 1 is 0.970 bits per heavy atom. The lowest BCUT2D eigenvalue weighted by atomic mass is 9.95. The van der Waals surface area contributed by atoms with Crippen LogP contribution < -0.4 is 19.1 Å². The fourth-order valence-corrected chi connectivity index (χ4v) is 3.78. The minimum Gasteiger partial charge on any atom is -0.507 e. The van der Waals surface area contributed by atoms with Gasteiger partial charge in [-0.2, -0.15) is 0 Å². The zero-order valence-corrected chi connectivity index (χ0v) is 18.5. The number of benzene rings is 2. The van der Waals surface area contributed by atoms with E-state index in [-0.39, 0.29) is 17.2 Å². The van der Waals surface area contributed by atoms with Gasteiger partial charge in [-0.3, -0.25) is 14.5 Å². The molecule has 4 rings (SSSR count). The number of hydrogen-bond donors (Lipinski definition) is 1. The molecule has 2 heterocycles. The molecule has 1 fully saturated rings. The summed E-state index contributed by atoms with van der Waals surface area (Å²) in [6.45, 7) is 1.68. The van der Waals surface area contributed by atoms with Gasteiger partial charge in [0.15, 0.2) is 17.3 Å². The van der Waals surface area contributed by atoms with Crippen molar-refractivity contribution in [3.8, 4) is 17.2 Å². The normalized spacial score (nSPS) is 17.3. The van der Waals surface area contributed by atoms with Gasteiger partial charge in [0, 0.05) is 11.6 Å². The number of nitrogens with zero attached hydrogens (tertiary/aromatic N) is 2. The Kier molecular flexibility index (Phi) is 5.78. The second-order valence-electron chi connectivity index (χ2n) is 7.31. The molecule has 1 amide bonds. The van der Waals surface area contributed by atoms with E-state index in [1.807, 2.05) is 0 Å². The van der Waals surface area contributed by atoms with Crippen LogP contribution in [0.4, 0.5) is 5.82 Å². The van der Waals surface area contributed by atoms with Gasteiger partial charge in [-0.05, 0) is 48.9 Å². The molecule has 3 aromatic rings. The van der Waals surface area contributed by atoms with E-state index in [0.29, 0.717) is 34.1 Å². The van der Waals surface area contributed by atoms with Crippen LogP contribution in [0.15, 0.2) is 58.6 Å². The molecular formula is C24H22N2O7. The maximum absolute atomic E-state index is 13.1. The standard InChI is InChI=1S/C24H22N2O7/c1-13-11-19(25-33-13)26-21(15-7-10-17(31-3)18(12-15)32-4)20(23(28)24(26)29)22(27)14-5-8-16(30-2)9-6-14/h5-12,21,27H,1-4H3/b22-20+/t21-/m1/s1. The highest BCUT2D eigenvalue weighted by Gasteiger charge is 2.48. The Balaban J connectivity index is 1.93. The first-order chi connectivity index (χ1) is 15.9. The lowest BCUT2D eigenvalue weighted by molar-refractivity contribution is -0.132. The molecule has 0 bridgehead atoms. The highest BCUT2D eigenvalue weighted by atomic mass is 16.5. The van der Waals surface area contributed by atoms with Gasteiger partial charge in [-0.25, -0.2) is 0 Å². The molecule has 1 aliphatic rings. The van der Waals surface area contributed by atoms with Crippen LogP contribution in [0.25, 0.3) is 5.76 Å². The number of Topliss-reactive ketones (excluding diaryl/α,β-unsaturated/α-hetero) is 1. The van der Waals surface area contributed by atoms with E-state index in [0.717, 1.165) is 0 Å². The first kappa shape index (κ1) is 21.9. The van der Waals surface area contributed by atoms with Crippen molar-refractivity contribution in [3.63, 3.8) is 0 Å². The second kappa shape index (κ2) is 8.70. The van der Waals surface area contributed by atoms with Crippen molar-refractivity contribution in [2.45, 2.75) is 13.0 Å². The van der Waals surface area contributed by atoms with E-state index in [9.17, 15) is 14.7 Å². The van der Waals surface area contributed by atoms with Crippen LogP contribution in [-0.4, -0.2) is 43.3 Å². The highest BCUT2D eigenvalue weighted by molar-refractivity contribution is 6.51. The van der Waals surface area contributed by atoms with Gasteiger partial charge in [-0.1, -0.05) is 11.2 Å². The molecule has 1 atom stereocenters. The number of aliphatic hydroxyl groups excluding tert-OH is 1. The Morgan fingerprint density at radius 2 is 1.67 bits per heavy atom. The van der Waals surface area contributed by atoms with Gasteiger partial charge in [0.1, 0.15) is 17.3 Å². The predicted octanol–water partition coefficient (Wildman–Crippen LogP) is 3.64. The number of carbonyl (C=O) groups excluding carboxylic acids is 2. The number of hydrogen-bond acceptors (Lipinski definition) is 8. The van der Waals surface area contributed by atoms with Gasteiger partial charge in [0.25, 0.3) is 5.78 Å². The summed E-state index contributed by atoms with van der Waals surface area (Å²) >= 11 is 0. The molecule has 0 unspecified atom stereocenters. The van der Waals surface area contributed by atoms with Crippen LogP contribution >= 0.6 is 0 Å². The minimum atomic E-state index is -0.976. The summed E-state index contributed by atoms with van der Waals surface area (Å²) in [6, 6.07) is 12.1. The maximum atomic E-state index is 13.1. The summed E-state index contributed by atoms with van der Waals surface area (Å²) in [4.78, 5) is 27.4. The van der Waals surface area contributed by atoms with E-state index in [4.69, 9.17) is 18.7 Å². The number of anilines is 1. The van der Waals surface area contributed by atoms with Gasteiger partial charge in [0.05, 0.1) is 32.9 Å². The van der Waals surface area contributed by atoms with Gasteiger partial charge >= 0.3 is 5.91 Å². The third kappa shape index (κ3) is 3.78. The first-order valence-electron chi connectivity index (χ1n) is 10.00. The van der Waals surface area contributed by atoms with Crippen LogP contribution in [0.1, 0.15) is 22.9 Å². The largest absolute Gasteiger partial charge is 0.507 e. The van der Waals surface area contributed by atoms with Gasteiger partial charge < -0.3 is 23.8 Å². The van der Waals surface area contributed by atoms with Crippen LogP contribution in [0.3, 0.4) is 0 Å². The summed E-state index contributed by atoms with van der Waals surface area (Å²) in [5.74, 6) is 0.0882. The number of amides is 1. The Morgan fingerprint density at radius 3 is 2.24 bits per heavy atom.